The van der Waals surface area contributed by atoms with E-state index in [4.69, 9.17) is 9.47 Å². The van der Waals surface area contributed by atoms with Crippen LogP contribution in [0.5, 0.6) is 5.75 Å². The van der Waals surface area contributed by atoms with Gasteiger partial charge in [-0.1, -0.05) is 44.2 Å². The Labute approximate surface area is 228 Å². The monoisotopic (exact) mass is 541 g/mol. The highest BCUT2D eigenvalue weighted by molar-refractivity contribution is 5.84. The van der Waals surface area contributed by atoms with E-state index in [1.807, 2.05) is 39.0 Å². The molecule has 1 aromatic heterocycles. The molecule has 0 spiro atoms. The molecule has 210 valence electrons. The van der Waals surface area contributed by atoms with Crippen LogP contribution in [0.3, 0.4) is 0 Å². The molecule has 5 rings (SSSR count). The van der Waals surface area contributed by atoms with Gasteiger partial charge in [0.1, 0.15) is 18.0 Å². The fourth-order valence-corrected chi connectivity index (χ4v) is 6.20. The minimum absolute atomic E-state index is 0.0626. The lowest BCUT2D eigenvalue weighted by Crippen LogP contribution is -2.24. The number of alkyl halides is 3. The number of fused-ring (bicyclic) bond motifs is 3. The van der Waals surface area contributed by atoms with E-state index in [0.717, 1.165) is 55.2 Å². The molecule has 39 heavy (non-hydrogen) atoms. The Morgan fingerprint density at radius 2 is 1.74 bits per heavy atom. The minimum atomic E-state index is -4.39. The van der Waals surface area contributed by atoms with Crippen LogP contribution >= 0.6 is 0 Å². The van der Waals surface area contributed by atoms with E-state index < -0.39 is 17.3 Å². The van der Waals surface area contributed by atoms with Crippen molar-refractivity contribution < 1.29 is 27.4 Å². The van der Waals surface area contributed by atoms with Crippen molar-refractivity contribution in [1.29, 1.82) is 0 Å². The highest BCUT2D eigenvalue weighted by Gasteiger charge is 2.34. The van der Waals surface area contributed by atoms with Crippen molar-refractivity contribution in [2.24, 2.45) is 5.92 Å². The Morgan fingerprint density at radius 1 is 0.974 bits per heavy atom. The third-order valence-electron chi connectivity index (χ3n) is 7.98. The van der Waals surface area contributed by atoms with E-state index in [1.165, 1.54) is 12.5 Å². The first-order chi connectivity index (χ1) is 18.5. The summed E-state index contributed by atoms with van der Waals surface area (Å²) in [5, 5.41) is 0.996. The number of carbonyl (C=O) groups is 1. The zero-order valence-electron chi connectivity index (χ0n) is 23.1. The molecule has 0 saturated heterocycles. The molecule has 0 N–H and O–H groups in total. The average molecular weight is 542 g/mol. The molecule has 1 saturated carbocycles. The summed E-state index contributed by atoms with van der Waals surface area (Å²) in [6, 6.07) is 12.5. The van der Waals surface area contributed by atoms with Crippen molar-refractivity contribution in [3.05, 3.63) is 64.8 Å². The number of nitrogens with zero attached hydrogens (tertiary/aromatic N) is 1. The van der Waals surface area contributed by atoms with Gasteiger partial charge in [0.2, 0.25) is 0 Å². The van der Waals surface area contributed by atoms with Gasteiger partial charge in [0.05, 0.1) is 12.0 Å². The number of esters is 1. The van der Waals surface area contributed by atoms with Crippen molar-refractivity contribution in [3.8, 4) is 5.75 Å². The molecule has 0 radical (unpaired) electrons. The number of rotatable bonds is 7. The molecule has 0 bridgehead atoms. The number of benzene rings is 2. The fraction of sp³-hybridized carbons (Fsp3) is 0.531. The summed E-state index contributed by atoms with van der Waals surface area (Å²) in [6.07, 6.45) is 2.75. The smallest absolute Gasteiger partial charge is 0.416 e. The van der Waals surface area contributed by atoms with Crippen LogP contribution in [0.1, 0.15) is 94.0 Å². The third-order valence-corrected chi connectivity index (χ3v) is 7.98. The van der Waals surface area contributed by atoms with Gasteiger partial charge in [0, 0.05) is 29.1 Å². The molecule has 1 fully saturated rings. The van der Waals surface area contributed by atoms with Crippen molar-refractivity contribution in [3.63, 3.8) is 0 Å². The zero-order valence-corrected chi connectivity index (χ0v) is 23.1. The highest BCUT2D eigenvalue weighted by atomic mass is 19.4. The van der Waals surface area contributed by atoms with E-state index in [9.17, 15) is 18.0 Å². The van der Waals surface area contributed by atoms with E-state index in [2.05, 4.69) is 10.6 Å². The lowest BCUT2D eigenvalue weighted by Gasteiger charge is -2.23. The van der Waals surface area contributed by atoms with Gasteiger partial charge in [-0.3, -0.25) is 4.79 Å². The minimum Gasteiger partial charge on any atom is -0.489 e. The van der Waals surface area contributed by atoms with Crippen LogP contribution in [0.2, 0.25) is 0 Å². The summed E-state index contributed by atoms with van der Waals surface area (Å²) in [7, 11) is 0. The summed E-state index contributed by atoms with van der Waals surface area (Å²) in [6.45, 7) is 6.50. The maximum absolute atomic E-state index is 13.9. The van der Waals surface area contributed by atoms with Crippen LogP contribution in [0, 0.1) is 5.92 Å². The van der Waals surface area contributed by atoms with E-state index in [0.29, 0.717) is 35.6 Å². The standard InChI is InChI=1S/C32H38F3NO3/c1-31(2,3)39-30(37)19-24-13-14-36-28-12-11-26(17-25(28)18-29(24)36)38-20-22-9-10-23(27(16-22)32(33,34)35)15-21-7-5-4-6-8-21/h9-12,16-18,21,24H,4-8,13-15,19-20H2,1-3H3. The second-order valence-electron chi connectivity index (χ2n) is 12.2. The normalized spacial score (nSPS) is 18.4. The van der Waals surface area contributed by atoms with Crippen molar-refractivity contribution in [2.45, 2.75) is 103 Å². The largest absolute Gasteiger partial charge is 0.489 e. The number of hydrogen-bond acceptors (Lipinski definition) is 3. The molecular formula is C32H38F3NO3. The first kappa shape index (κ1) is 27.6. The van der Waals surface area contributed by atoms with E-state index in [1.54, 1.807) is 12.1 Å². The van der Waals surface area contributed by atoms with Crippen LogP contribution in [0.15, 0.2) is 42.5 Å². The molecule has 2 aliphatic rings. The van der Waals surface area contributed by atoms with Crippen LogP contribution in [0.25, 0.3) is 10.9 Å². The molecule has 4 nitrogen and oxygen atoms in total. The number of hydrogen-bond donors (Lipinski definition) is 0. The molecule has 0 amide bonds. The summed E-state index contributed by atoms with van der Waals surface area (Å²) in [5.74, 6) is 0.847. The highest BCUT2D eigenvalue weighted by Crippen LogP contribution is 2.39. The fourth-order valence-electron chi connectivity index (χ4n) is 6.20. The van der Waals surface area contributed by atoms with Crippen LogP contribution in [0.4, 0.5) is 13.2 Å². The molecule has 1 aliphatic heterocycles. The maximum Gasteiger partial charge on any atom is 0.416 e. The molecule has 1 aliphatic carbocycles. The zero-order chi connectivity index (χ0) is 27.8. The Morgan fingerprint density at radius 3 is 2.46 bits per heavy atom. The maximum atomic E-state index is 13.9. The third kappa shape index (κ3) is 6.62. The summed E-state index contributed by atoms with van der Waals surface area (Å²) in [5.41, 5.74) is 2.03. The van der Waals surface area contributed by atoms with E-state index in [-0.39, 0.29) is 18.5 Å². The van der Waals surface area contributed by atoms with Gasteiger partial charge in [0.25, 0.3) is 0 Å². The first-order valence-electron chi connectivity index (χ1n) is 14.1. The Bertz CT molecular complexity index is 1330. The van der Waals surface area contributed by atoms with Gasteiger partial charge in [-0.25, -0.2) is 0 Å². The number of carbonyl (C=O) groups excluding carboxylic acids is 1. The Balaban J connectivity index is 1.28. The molecule has 3 aromatic rings. The van der Waals surface area contributed by atoms with Gasteiger partial charge < -0.3 is 14.0 Å². The average Bonchev–Trinajstić information content (AvgIpc) is 3.41. The summed E-state index contributed by atoms with van der Waals surface area (Å²) >= 11 is 0. The summed E-state index contributed by atoms with van der Waals surface area (Å²) in [4.78, 5) is 12.4. The van der Waals surface area contributed by atoms with Crippen molar-refractivity contribution >= 4 is 16.9 Å². The Hall–Kier alpha value is -2.96. The number of aryl methyl sites for hydroxylation is 1. The lowest BCUT2D eigenvalue weighted by molar-refractivity contribution is -0.155. The van der Waals surface area contributed by atoms with Crippen molar-refractivity contribution in [2.75, 3.05) is 0 Å². The summed E-state index contributed by atoms with van der Waals surface area (Å²) < 4.78 is 55.5. The molecule has 2 aromatic carbocycles. The molecular weight excluding hydrogens is 503 g/mol. The topological polar surface area (TPSA) is 40.5 Å². The quantitative estimate of drug-likeness (QED) is 0.281. The van der Waals surface area contributed by atoms with Gasteiger partial charge in [0.15, 0.2) is 0 Å². The second kappa shape index (κ2) is 10.9. The second-order valence-corrected chi connectivity index (χ2v) is 12.2. The number of ether oxygens (including phenoxy) is 2. The lowest BCUT2D eigenvalue weighted by atomic mass is 9.83. The molecule has 2 heterocycles. The number of aromatic nitrogens is 1. The SMILES string of the molecule is CC(C)(C)OC(=O)CC1CCn2c1cc1cc(OCc3ccc(CC4CCCCC4)c(C(F)(F)F)c3)ccc12. The Kier molecular flexibility index (Phi) is 7.71. The van der Waals surface area contributed by atoms with Gasteiger partial charge in [-0.05, 0) is 81.0 Å². The molecule has 1 atom stereocenters. The van der Waals surface area contributed by atoms with Gasteiger partial charge in [-0.15, -0.1) is 0 Å². The van der Waals surface area contributed by atoms with Gasteiger partial charge in [-0.2, -0.15) is 13.2 Å². The predicted octanol–water partition coefficient (Wildman–Crippen LogP) is 8.58. The van der Waals surface area contributed by atoms with E-state index >= 15 is 0 Å². The van der Waals surface area contributed by atoms with Crippen LogP contribution in [-0.2, 0) is 35.3 Å². The van der Waals surface area contributed by atoms with Gasteiger partial charge >= 0.3 is 12.1 Å². The van der Waals surface area contributed by atoms with Crippen LogP contribution < -0.4 is 4.74 Å². The number of halogens is 3. The van der Waals surface area contributed by atoms with Crippen molar-refractivity contribution in [1.82, 2.24) is 4.57 Å². The predicted molar refractivity (Wildman–Crippen MR) is 146 cm³/mol. The van der Waals surface area contributed by atoms with Crippen LogP contribution in [-0.4, -0.2) is 16.1 Å². The molecule has 1 unspecified atom stereocenters. The molecule has 7 heteroatoms. The first-order valence-corrected chi connectivity index (χ1v) is 14.1.